The molecule has 2 atom stereocenters. The van der Waals surface area contributed by atoms with E-state index in [1.54, 1.807) is 0 Å². The number of nitrogens with zero attached hydrogens (tertiary/aromatic N) is 1. The van der Waals surface area contributed by atoms with Crippen molar-refractivity contribution in [2.75, 3.05) is 26.2 Å². The van der Waals surface area contributed by atoms with Gasteiger partial charge in [-0.1, -0.05) is 13.3 Å². The van der Waals surface area contributed by atoms with Crippen molar-refractivity contribution >= 4 is 0 Å². The fourth-order valence-corrected chi connectivity index (χ4v) is 3.64. The Bertz CT molecular complexity index is 259. The molecule has 2 saturated heterocycles. The van der Waals surface area contributed by atoms with Crippen molar-refractivity contribution < 1.29 is 4.74 Å². The van der Waals surface area contributed by atoms with Gasteiger partial charge in [0.2, 0.25) is 0 Å². The molecular formula is C14H28N2O. The van der Waals surface area contributed by atoms with Gasteiger partial charge < -0.3 is 10.1 Å². The van der Waals surface area contributed by atoms with Gasteiger partial charge in [-0.15, -0.1) is 0 Å². The zero-order chi connectivity index (χ0) is 12.7. The van der Waals surface area contributed by atoms with E-state index in [0.717, 1.165) is 25.6 Å². The molecule has 0 amide bonds. The molecule has 2 aliphatic heterocycles. The summed E-state index contributed by atoms with van der Waals surface area (Å²) in [4.78, 5) is 2.65. The Morgan fingerprint density at radius 2 is 1.71 bits per heavy atom. The number of hydrogen-bond donors (Lipinski definition) is 1. The molecule has 17 heavy (non-hydrogen) atoms. The van der Waals surface area contributed by atoms with E-state index < -0.39 is 0 Å². The summed E-state index contributed by atoms with van der Waals surface area (Å²) in [6.07, 6.45) is 1.27. The minimum Gasteiger partial charge on any atom is -0.367 e. The Balaban J connectivity index is 2.10. The molecule has 2 heterocycles. The van der Waals surface area contributed by atoms with Crippen LogP contribution in [0.4, 0.5) is 0 Å². The van der Waals surface area contributed by atoms with Gasteiger partial charge in [0.25, 0.3) is 0 Å². The highest BCUT2D eigenvalue weighted by atomic mass is 16.5. The Hall–Kier alpha value is -0.120. The Labute approximate surface area is 106 Å². The number of nitrogens with one attached hydrogen (secondary N) is 1. The van der Waals surface area contributed by atoms with Crippen LogP contribution in [0.15, 0.2) is 0 Å². The van der Waals surface area contributed by atoms with Crippen LogP contribution in [-0.2, 0) is 4.74 Å². The minimum absolute atomic E-state index is 0.0252. The molecule has 0 saturated carbocycles. The Morgan fingerprint density at radius 3 is 2.24 bits per heavy atom. The van der Waals surface area contributed by atoms with E-state index in [-0.39, 0.29) is 11.2 Å². The summed E-state index contributed by atoms with van der Waals surface area (Å²) in [5, 5.41) is 3.54. The molecule has 3 heteroatoms. The summed E-state index contributed by atoms with van der Waals surface area (Å²) in [6, 6.07) is 0.697. The predicted octanol–water partition coefficient (Wildman–Crippen LogP) is 1.87. The van der Waals surface area contributed by atoms with E-state index >= 15 is 0 Å². The molecule has 2 rings (SSSR count). The van der Waals surface area contributed by atoms with E-state index in [2.05, 4.69) is 44.8 Å². The molecule has 0 aromatic rings. The second-order valence-electron chi connectivity index (χ2n) is 6.92. The second kappa shape index (κ2) is 4.52. The zero-order valence-electron chi connectivity index (χ0n) is 12.0. The van der Waals surface area contributed by atoms with E-state index in [4.69, 9.17) is 4.74 Å². The molecule has 2 aliphatic rings. The van der Waals surface area contributed by atoms with Crippen molar-refractivity contribution in [3.63, 3.8) is 0 Å². The van der Waals surface area contributed by atoms with Gasteiger partial charge in [0, 0.05) is 25.7 Å². The maximum Gasteiger partial charge on any atom is 0.0760 e. The highest BCUT2D eigenvalue weighted by Gasteiger charge is 2.42. The molecular weight excluding hydrogens is 212 g/mol. The van der Waals surface area contributed by atoms with E-state index in [0.29, 0.717) is 6.04 Å². The van der Waals surface area contributed by atoms with Crippen molar-refractivity contribution in [2.24, 2.45) is 5.92 Å². The summed E-state index contributed by atoms with van der Waals surface area (Å²) < 4.78 is 6.16. The molecule has 0 aromatic carbocycles. The van der Waals surface area contributed by atoms with Crippen LogP contribution in [0, 0.1) is 5.92 Å². The molecule has 0 aliphatic carbocycles. The average Bonchev–Trinajstić information content (AvgIpc) is 2.59. The largest absolute Gasteiger partial charge is 0.367 e. The van der Waals surface area contributed by atoms with Crippen molar-refractivity contribution in [3.05, 3.63) is 0 Å². The molecule has 2 unspecified atom stereocenters. The molecule has 0 bridgehead atoms. The maximum absolute atomic E-state index is 6.16. The Morgan fingerprint density at radius 1 is 1.12 bits per heavy atom. The molecule has 0 spiro atoms. The van der Waals surface area contributed by atoms with Gasteiger partial charge in [-0.25, -0.2) is 0 Å². The lowest BCUT2D eigenvalue weighted by Crippen LogP contribution is -2.61. The first kappa shape index (κ1) is 13.3. The van der Waals surface area contributed by atoms with Crippen LogP contribution in [0.3, 0.4) is 0 Å². The standard InChI is InChI=1S/C14H28N2O/c1-6-11-7-15-8-12(11)16-9-13(2,3)17-14(4,5)10-16/h11-12,15H,6-10H2,1-5H3. The molecule has 3 nitrogen and oxygen atoms in total. The van der Waals surface area contributed by atoms with Gasteiger partial charge in [0.15, 0.2) is 0 Å². The lowest BCUT2D eigenvalue weighted by Gasteiger charge is -2.50. The Kier molecular flexibility index (Phi) is 3.54. The van der Waals surface area contributed by atoms with Crippen LogP contribution in [0.25, 0.3) is 0 Å². The highest BCUT2D eigenvalue weighted by molar-refractivity contribution is 4.96. The third-order valence-electron chi connectivity index (χ3n) is 4.02. The van der Waals surface area contributed by atoms with Gasteiger partial charge in [0.1, 0.15) is 0 Å². The van der Waals surface area contributed by atoms with Crippen molar-refractivity contribution in [2.45, 2.75) is 58.3 Å². The maximum atomic E-state index is 6.16. The molecule has 100 valence electrons. The highest BCUT2D eigenvalue weighted by Crippen LogP contribution is 2.32. The van der Waals surface area contributed by atoms with Gasteiger partial charge in [-0.3, -0.25) is 4.90 Å². The van der Waals surface area contributed by atoms with Crippen LogP contribution in [0.2, 0.25) is 0 Å². The molecule has 0 radical (unpaired) electrons. The summed E-state index contributed by atoms with van der Waals surface area (Å²) >= 11 is 0. The number of hydrogen-bond acceptors (Lipinski definition) is 3. The van der Waals surface area contributed by atoms with Gasteiger partial charge >= 0.3 is 0 Å². The topological polar surface area (TPSA) is 24.5 Å². The molecule has 0 aromatic heterocycles. The predicted molar refractivity (Wildman–Crippen MR) is 71.3 cm³/mol. The van der Waals surface area contributed by atoms with Crippen LogP contribution in [0.1, 0.15) is 41.0 Å². The van der Waals surface area contributed by atoms with Crippen molar-refractivity contribution in [1.82, 2.24) is 10.2 Å². The van der Waals surface area contributed by atoms with Gasteiger partial charge in [-0.2, -0.15) is 0 Å². The van der Waals surface area contributed by atoms with Crippen LogP contribution >= 0.6 is 0 Å². The third kappa shape index (κ3) is 3.01. The fourth-order valence-electron chi connectivity index (χ4n) is 3.64. The average molecular weight is 240 g/mol. The lowest BCUT2D eigenvalue weighted by atomic mass is 9.93. The van der Waals surface area contributed by atoms with E-state index in [1.165, 1.54) is 13.0 Å². The summed E-state index contributed by atoms with van der Waals surface area (Å²) in [6.45, 7) is 15.6. The molecule has 1 N–H and O–H groups in total. The minimum atomic E-state index is -0.0252. The van der Waals surface area contributed by atoms with Gasteiger partial charge in [-0.05, 0) is 40.2 Å². The zero-order valence-corrected chi connectivity index (χ0v) is 12.0. The van der Waals surface area contributed by atoms with Gasteiger partial charge in [0.05, 0.1) is 11.2 Å². The van der Waals surface area contributed by atoms with Crippen LogP contribution < -0.4 is 5.32 Å². The van der Waals surface area contributed by atoms with E-state index in [9.17, 15) is 0 Å². The summed E-state index contributed by atoms with van der Waals surface area (Å²) in [7, 11) is 0. The summed E-state index contributed by atoms with van der Waals surface area (Å²) in [5.41, 5.74) is -0.0503. The van der Waals surface area contributed by atoms with E-state index in [1.807, 2.05) is 0 Å². The first-order chi connectivity index (χ1) is 7.83. The number of ether oxygens (including phenoxy) is 1. The third-order valence-corrected chi connectivity index (χ3v) is 4.02. The van der Waals surface area contributed by atoms with Crippen LogP contribution in [-0.4, -0.2) is 48.3 Å². The second-order valence-corrected chi connectivity index (χ2v) is 6.92. The monoisotopic (exact) mass is 240 g/mol. The SMILES string of the molecule is CCC1CNCC1N1CC(C)(C)OC(C)(C)C1. The quantitative estimate of drug-likeness (QED) is 0.797. The lowest BCUT2D eigenvalue weighted by molar-refractivity contribution is -0.188. The number of rotatable bonds is 2. The normalized spacial score (nSPS) is 37.2. The van der Waals surface area contributed by atoms with Crippen molar-refractivity contribution in [1.29, 1.82) is 0 Å². The first-order valence-corrected chi connectivity index (χ1v) is 6.98. The van der Waals surface area contributed by atoms with Crippen molar-refractivity contribution in [3.8, 4) is 0 Å². The fraction of sp³-hybridized carbons (Fsp3) is 1.00. The molecule has 2 fully saturated rings. The van der Waals surface area contributed by atoms with Crippen LogP contribution in [0.5, 0.6) is 0 Å². The smallest absolute Gasteiger partial charge is 0.0760 e. The first-order valence-electron chi connectivity index (χ1n) is 6.98. The summed E-state index contributed by atoms with van der Waals surface area (Å²) in [5.74, 6) is 0.805. The number of morpholine rings is 1.